The van der Waals surface area contributed by atoms with E-state index in [2.05, 4.69) is 15.0 Å². The van der Waals surface area contributed by atoms with Gasteiger partial charge in [0.05, 0.1) is 6.54 Å². The van der Waals surface area contributed by atoms with Crippen molar-refractivity contribution < 1.29 is 9.63 Å². The van der Waals surface area contributed by atoms with E-state index < -0.39 is 0 Å². The molecule has 1 aromatic heterocycles. The number of likely N-dealkylation sites (tertiary alicyclic amines) is 1. The minimum Gasteiger partial charge on any atom is -0.396 e. The first kappa shape index (κ1) is 10.6. The molecule has 15 heavy (non-hydrogen) atoms. The van der Waals surface area contributed by atoms with Gasteiger partial charge in [-0.3, -0.25) is 4.90 Å². The predicted octanol–water partition coefficient (Wildman–Crippen LogP) is 0.664. The molecule has 1 N–H and O–H groups in total. The van der Waals surface area contributed by atoms with E-state index in [0.29, 0.717) is 12.5 Å². The molecule has 2 rings (SSSR count). The standard InChI is InChI=1S/C10H17N3O2/c14-5-3-9-2-1-4-13(6-9)7-10-11-8-15-12-10/h8-9,14H,1-7H2. The second-order valence-electron chi connectivity index (χ2n) is 4.10. The molecule has 1 fully saturated rings. The second kappa shape index (κ2) is 5.23. The Labute approximate surface area is 89.1 Å². The molecule has 2 heterocycles. The topological polar surface area (TPSA) is 62.4 Å². The summed E-state index contributed by atoms with van der Waals surface area (Å²) in [6.07, 6.45) is 4.69. The zero-order chi connectivity index (χ0) is 10.5. The maximum absolute atomic E-state index is 8.90. The zero-order valence-electron chi connectivity index (χ0n) is 8.80. The summed E-state index contributed by atoms with van der Waals surface area (Å²) >= 11 is 0. The van der Waals surface area contributed by atoms with Crippen LogP contribution in [0.3, 0.4) is 0 Å². The van der Waals surface area contributed by atoms with Crippen molar-refractivity contribution >= 4 is 0 Å². The highest BCUT2D eigenvalue weighted by Gasteiger charge is 2.20. The minimum absolute atomic E-state index is 0.292. The molecule has 0 aliphatic carbocycles. The molecule has 1 aliphatic heterocycles. The van der Waals surface area contributed by atoms with Gasteiger partial charge in [-0.15, -0.1) is 0 Å². The molecule has 1 saturated heterocycles. The van der Waals surface area contributed by atoms with Crippen LogP contribution >= 0.6 is 0 Å². The molecule has 1 atom stereocenters. The normalized spacial score (nSPS) is 23.1. The fourth-order valence-corrected chi connectivity index (χ4v) is 2.18. The van der Waals surface area contributed by atoms with E-state index in [1.165, 1.54) is 19.2 Å². The van der Waals surface area contributed by atoms with Crippen molar-refractivity contribution in [1.29, 1.82) is 0 Å². The Kier molecular flexibility index (Phi) is 3.69. The summed E-state index contributed by atoms with van der Waals surface area (Å²) in [4.78, 5) is 6.34. The molecule has 0 radical (unpaired) electrons. The van der Waals surface area contributed by atoms with Crippen molar-refractivity contribution in [3.63, 3.8) is 0 Å². The number of nitrogens with zero attached hydrogens (tertiary/aromatic N) is 3. The average Bonchev–Trinajstić information content (AvgIpc) is 2.71. The van der Waals surface area contributed by atoms with Gasteiger partial charge in [0.25, 0.3) is 0 Å². The lowest BCUT2D eigenvalue weighted by molar-refractivity contribution is 0.139. The van der Waals surface area contributed by atoms with Gasteiger partial charge in [-0.1, -0.05) is 5.16 Å². The third-order valence-electron chi connectivity index (χ3n) is 2.91. The van der Waals surface area contributed by atoms with Gasteiger partial charge in [0.2, 0.25) is 6.39 Å². The van der Waals surface area contributed by atoms with Crippen molar-refractivity contribution in [2.45, 2.75) is 25.8 Å². The molecule has 0 saturated carbocycles. The van der Waals surface area contributed by atoms with Crippen LogP contribution in [0.5, 0.6) is 0 Å². The predicted molar refractivity (Wildman–Crippen MR) is 54.0 cm³/mol. The Morgan fingerprint density at radius 3 is 3.27 bits per heavy atom. The van der Waals surface area contributed by atoms with E-state index in [1.807, 2.05) is 0 Å². The molecule has 1 aliphatic rings. The maximum Gasteiger partial charge on any atom is 0.213 e. The van der Waals surface area contributed by atoms with Crippen LogP contribution < -0.4 is 0 Å². The van der Waals surface area contributed by atoms with Crippen molar-refractivity contribution in [3.8, 4) is 0 Å². The van der Waals surface area contributed by atoms with Crippen molar-refractivity contribution in [2.24, 2.45) is 5.92 Å². The number of hydrogen-bond acceptors (Lipinski definition) is 5. The van der Waals surface area contributed by atoms with Gasteiger partial charge in [0.15, 0.2) is 5.82 Å². The summed E-state index contributed by atoms with van der Waals surface area (Å²) < 4.78 is 4.70. The van der Waals surface area contributed by atoms with Crippen LogP contribution in [-0.4, -0.2) is 39.8 Å². The number of rotatable bonds is 4. The van der Waals surface area contributed by atoms with E-state index in [1.54, 1.807) is 0 Å². The van der Waals surface area contributed by atoms with Crippen LogP contribution in [0.4, 0.5) is 0 Å². The van der Waals surface area contributed by atoms with Crippen molar-refractivity contribution in [3.05, 3.63) is 12.2 Å². The van der Waals surface area contributed by atoms with Gasteiger partial charge in [-0.2, -0.15) is 4.98 Å². The first-order valence-electron chi connectivity index (χ1n) is 5.47. The molecule has 0 aromatic carbocycles. The molecular formula is C10H17N3O2. The van der Waals surface area contributed by atoms with Gasteiger partial charge < -0.3 is 9.63 Å². The molecule has 1 aromatic rings. The lowest BCUT2D eigenvalue weighted by Gasteiger charge is -2.31. The van der Waals surface area contributed by atoms with E-state index >= 15 is 0 Å². The zero-order valence-corrected chi connectivity index (χ0v) is 8.80. The Morgan fingerprint density at radius 1 is 1.60 bits per heavy atom. The molecule has 84 valence electrons. The number of aliphatic hydroxyl groups is 1. The van der Waals surface area contributed by atoms with Crippen LogP contribution in [0.1, 0.15) is 25.1 Å². The molecule has 0 bridgehead atoms. The Balaban J connectivity index is 1.82. The van der Waals surface area contributed by atoms with Gasteiger partial charge in [-0.25, -0.2) is 0 Å². The Morgan fingerprint density at radius 2 is 2.53 bits per heavy atom. The summed E-state index contributed by atoms with van der Waals surface area (Å²) in [5.74, 6) is 1.37. The summed E-state index contributed by atoms with van der Waals surface area (Å²) in [5, 5.41) is 12.7. The monoisotopic (exact) mass is 211 g/mol. The van der Waals surface area contributed by atoms with Crippen LogP contribution in [0.25, 0.3) is 0 Å². The van der Waals surface area contributed by atoms with Crippen molar-refractivity contribution in [2.75, 3.05) is 19.7 Å². The first-order valence-corrected chi connectivity index (χ1v) is 5.47. The summed E-state index contributed by atoms with van der Waals surface area (Å²) in [7, 11) is 0. The quantitative estimate of drug-likeness (QED) is 0.792. The number of hydrogen-bond donors (Lipinski definition) is 1. The lowest BCUT2D eigenvalue weighted by atomic mass is 9.95. The van der Waals surface area contributed by atoms with E-state index in [4.69, 9.17) is 9.63 Å². The Bertz CT molecular complexity index is 274. The molecule has 5 nitrogen and oxygen atoms in total. The first-order chi connectivity index (χ1) is 7.38. The average molecular weight is 211 g/mol. The molecular weight excluding hydrogens is 194 g/mol. The van der Waals surface area contributed by atoms with E-state index in [-0.39, 0.29) is 0 Å². The maximum atomic E-state index is 8.90. The molecule has 5 heteroatoms. The van der Waals surface area contributed by atoms with E-state index in [0.717, 1.165) is 31.9 Å². The Hall–Kier alpha value is -0.940. The summed E-state index contributed by atoms with van der Waals surface area (Å²) in [5.41, 5.74) is 0. The van der Waals surface area contributed by atoms with Crippen LogP contribution in [0.15, 0.2) is 10.9 Å². The number of aromatic nitrogens is 2. The molecule has 1 unspecified atom stereocenters. The molecule has 0 spiro atoms. The second-order valence-corrected chi connectivity index (χ2v) is 4.10. The SMILES string of the molecule is OCCC1CCCN(Cc2ncon2)C1. The third kappa shape index (κ3) is 3.00. The van der Waals surface area contributed by atoms with Crippen LogP contribution in [0.2, 0.25) is 0 Å². The van der Waals surface area contributed by atoms with Gasteiger partial charge >= 0.3 is 0 Å². The fraction of sp³-hybridized carbons (Fsp3) is 0.800. The van der Waals surface area contributed by atoms with Gasteiger partial charge in [0, 0.05) is 13.2 Å². The number of aliphatic hydroxyl groups excluding tert-OH is 1. The summed E-state index contributed by atoms with van der Waals surface area (Å²) in [6, 6.07) is 0. The largest absolute Gasteiger partial charge is 0.396 e. The summed E-state index contributed by atoms with van der Waals surface area (Å²) in [6.45, 7) is 3.19. The van der Waals surface area contributed by atoms with Crippen LogP contribution in [-0.2, 0) is 6.54 Å². The van der Waals surface area contributed by atoms with Gasteiger partial charge in [-0.05, 0) is 31.7 Å². The van der Waals surface area contributed by atoms with Gasteiger partial charge in [0.1, 0.15) is 0 Å². The minimum atomic E-state index is 0.292. The third-order valence-corrected chi connectivity index (χ3v) is 2.91. The molecule has 0 amide bonds. The highest BCUT2D eigenvalue weighted by atomic mass is 16.5. The fourth-order valence-electron chi connectivity index (χ4n) is 2.18. The lowest BCUT2D eigenvalue weighted by Crippen LogP contribution is -2.35. The van der Waals surface area contributed by atoms with E-state index in [9.17, 15) is 0 Å². The smallest absolute Gasteiger partial charge is 0.213 e. The van der Waals surface area contributed by atoms with Crippen molar-refractivity contribution in [1.82, 2.24) is 15.0 Å². The highest BCUT2D eigenvalue weighted by Crippen LogP contribution is 2.20. The number of piperidine rings is 1. The highest BCUT2D eigenvalue weighted by molar-refractivity contribution is 4.81. The van der Waals surface area contributed by atoms with Crippen LogP contribution in [0, 0.1) is 5.92 Å².